The summed E-state index contributed by atoms with van der Waals surface area (Å²) in [6.45, 7) is 0.914. The number of halogens is 3. The Kier molecular flexibility index (Phi) is 7.82. The summed E-state index contributed by atoms with van der Waals surface area (Å²) in [5, 5.41) is 19.3. The summed E-state index contributed by atoms with van der Waals surface area (Å²) in [6, 6.07) is 15.8. The third kappa shape index (κ3) is 6.10. The summed E-state index contributed by atoms with van der Waals surface area (Å²) >= 11 is 0. The van der Waals surface area contributed by atoms with Crippen molar-refractivity contribution in [2.75, 3.05) is 45.2 Å². The monoisotopic (exact) mass is 514 g/mol. The van der Waals surface area contributed by atoms with E-state index in [2.05, 4.69) is 4.98 Å². The number of aromatic nitrogens is 1. The third-order valence-corrected chi connectivity index (χ3v) is 6.22. The first-order chi connectivity index (χ1) is 17.6. The number of hydrogen-bond acceptors (Lipinski definition) is 6. The molecule has 0 saturated heterocycles. The fourth-order valence-corrected chi connectivity index (χ4v) is 4.33. The number of benzene rings is 2. The minimum atomic E-state index is -4.43. The minimum absolute atomic E-state index is 0.0539. The van der Waals surface area contributed by atoms with E-state index in [0.29, 0.717) is 36.7 Å². The van der Waals surface area contributed by atoms with E-state index in [1.807, 2.05) is 37.2 Å². The van der Waals surface area contributed by atoms with E-state index in [1.54, 1.807) is 28.0 Å². The number of pyridine rings is 1. The van der Waals surface area contributed by atoms with Crippen molar-refractivity contribution in [2.24, 2.45) is 0 Å². The number of rotatable bonds is 6. The van der Waals surface area contributed by atoms with Gasteiger partial charge in [-0.3, -0.25) is 4.79 Å². The Morgan fingerprint density at radius 2 is 1.81 bits per heavy atom. The van der Waals surface area contributed by atoms with Crippen LogP contribution in [0.1, 0.15) is 22.9 Å². The predicted octanol–water partition coefficient (Wildman–Crippen LogP) is 3.84. The molecule has 1 atom stereocenters. The summed E-state index contributed by atoms with van der Waals surface area (Å²) in [6.07, 6.45) is -5.53. The van der Waals surface area contributed by atoms with Crippen LogP contribution >= 0.6 is 0 Å². The van der Waals surface area contributed by atoms with Crippen molar-refractivity contribution < 1.29 is 28.2 Å². The van der Waals surface area contributed by atoms with E-state index in [1.165, 1.54) is 12.1 Å². The van der Waals surface area contributed by atoms with Gasteiger partial charge in [0.1, 0.15) is 6.10 Å². The highest BCUT2D eigenvalue weighted by molar-refractivity contribution is 5.80. The van der Waals surface area contributed by atoms with E-state index < -0.39 is 24.5 Å². The molecule has 4 rings (SSSR count). The zero-order valence-electron chi connectivity index (χ0n) is 20.6. The molecule has 0 radical (unpaired) electrons. The minimum Gasteiger partial charge on any atom is -0.393 e. The molecule has 10 heteroatoms. The molecule has 0 spiro atoms. The first kappa shape index (κ1) is 26.6. The van der Waals surface area contributed by atoms with Crippen LogP contribution in [0.5, 0.6) is 0 Å². The molecule has 7 nitrogen and oxygen atoms in total. The second-order valence-electron chi connectivity index (χ2n) is 9.24. The molecule has 2 heterocycles. The molecule has 0 fully saturated rings. The fraction of sp³-hybridized carbons (Fsp3) is 0.333. The van der Waals surface area contributed by atoms with E-state index in [-0.39, 0.29) is 12.5 Å². The highest BCUT2D eigenvalue weighted by atomic mass is 19.4. The zero-order chi connectivity index (χ0) is 26.7. The van der Waals surface area contributed by atoms with Crippen molar-refractivity contribution in [3.63, 3.8) is 0 Å². The Hall–Kier alpha value is -3.47. The van der Waals surface area contributed by atoms with E-state index in [4.69, 9.17) is 0 Å². The molecule has 3 aromatic rings. The summed E-state index contributed by atoms with van der Waals surface area (Å²) in [7, 11) is 3.63. The lowest BCUT2D eigenvalue weighted by Crippen LogP contribution is -2.39. The number of fused-ring (bicyclic) bond motifs is 1. The smallest absolute Gasteiger partial charge is 0.393 e. The molecular formula is C27H29F3N4O3. The van der Waals surface area contributed by atoms with Crippen LogP contribution < -0.4 is 4.90 Å². The van der Waals surface area contributed by atoms with Gasteiger partial charge in [0.05, 0.1) is 30.1 Å². The number of amides is 1. The van der Waals surface area contributed by atoms with Crippen molar-refractivity contribution in [3.8, 4) is 11.3 Å². The van der Waals surface area contributed by atoms with Crippen LogP contribution in [0, 0.1) is 0 Å². The Balaban J connectivity index is 1.75. The number of nitrogens with zero attached hydrogens (tertiary/aromatic N) is 4. The summed E-state index contributed by atoms with van der Waals surface area (Å²) in [5.41, 5.74) is 3.15. The van der Waals surface area contributed by atoms with E-state index in [0.717, 1.165) is 28.9 Å². The maximum Gasteiger partial charge on any atom is 0.416 e. The predicted molar refractivity (Wildman–Crippen MR) is 134 cm³/mol. The molecule has 1 aliphatic heterocycles. The van der Waals surface area contributed by atoms with Crippen molar-refractivity contribution in [1.82, 2.24) is 14.8 Å². The lowest BCUT2D eigenvalue weighted by Gasteiger charge is -2.26. The number of anilines is 2. The first-order valence-electron chi connectivity index (χ1n) is 11.8. The van der Waals surface area contributed by atoms with Gasteiger partial charge in [0.2, 0.25) is 5.91 Å². The largest absolute Gasteiger partial charge is 0.416 e. The molecular weight excluding hydrogens is 485 g/mol. The Bertz CT molecular complexity index is 1250. The lowest BCUT2D eigenvalue weighted by molar-refractivity contribution is -0.137. The van der Waals surface area contributed by atoms with Gasteiger partial charge in [0.15, 0.2) is 0 Å². The second-order valence-corrected chi connectivity index (χ2v) is 9.24. The summed E-state index contributed by atoms with van der Waals surface area (Å²) in [5.74, 6) is -0.0539. The zero-order valence-corrected chi connectivity index (χ0v) is 20.6. The molecule has 37 heavy (non-hydrogen) atoms. The van der Waals surface area contributed by atoms with Gasteiger partial charge >= 0.3 is 6.18 Å². The Labute approximate surface area is 213 Å². The highest BCUT2D eigenvalue weighted by Gasteiger charge is 2.31. The van der Waals surface area contributed by atoms with E-state index >= 15 is 0 Å². The second kappa shape index (κ2) is 10.9. The van der Waals surface area contributed by atoms with Crippen LogP contribution in [-0.4, -0.2) is 71.2 Å². The topological polar surface area (TPSA) is 80.1 Å². The molecule has 2 N–H and O–H groups in total. The molecule has 2 aromatic carbocycles. The average Bonchev–Trinajstić information content (AvgIpc) is 3.07. The van der Waals surface area contributed by atoms with Crippen LogP contribution in [0.25, 0.3) is 11.3 Å². The number of carbonyl (C=O) groups excluding carboxylic acids is 1. The standard InChI is InChI=1S/C27H29F3N4O3/c1-32(2)16-26(37)33-12-13-34(21-9-7-20(8-10-21)27(28,29)30)24-11-6-18(14-19(24)15-33)22-4-3-5-23(31-22)25(36)17-35/h3-11,14,25,35-36H,12-13,15-17H2,1-2H3. The van der Waals surface area contributed by atoms with Crippen LogP contribution in [0.15, 0.2) is 60.7 Å². The molecule has 0 bridgehead atoms. The van der Waals surface area contributed by atoms with Gasteiger partial charge in [0, 0.05) is 36.6 Å². The van der Waals surface area contributed by atoms with Crippen molar-refractivity contribution in [3.05, 3.63) is 77.5 Å². The number of aliphatic hydroxyl groups is 2. The van der Waals surface area contributed by atoms with Crippen LogP contribution in [0.4, 0.5) is 24.5 Å². The molecule has 1 unspecified atom stereocenters. The van der Waals surface area contributed by atoms with Gasteiger partial charge in [-0.2, -0.15) is 13.2 Å². The highest BCUT2D eigenvalue weighted by Crippen LogP contribution is 2.36. The molecule has 1 amide bonds. The maximum absolute atomic E-state index is 13.1. The maximum atomic E-state index is 13.1. The normalized spacial score (nSPS) is 14.9. The molecule has 0 aliphatic carbocycles. The van der Waals surface area contributed by atoms with Gasteiger partial charge in [-0.25, -0.2) is 4.98 Å². The van der Waals surface area contributed by atoms with Crippen molar-refractivity contribution in [1.29, 1.82) is 0 Å². The molecule has 196 valence electrons. The van der Waals surface area contributed by atoms with Crippen LogP contribution in [0.2, 0.25) is 0 Å². The van der Waals surface area contributed by atoms with Gasteiger partial charge in [-0.1, -0.05) is 12.1 Å². The number of hydrogen-bond donors (Lipinski definition) is 2. The van der Waals surface area contributed by atoms with Gasteiger partial charge in [0.25, 0.3) is 0 Å². The number of likely N-dealkylation sites (N-methyl/N-ethyl adjacent to an activating group) is 1. The summed E-state index contributed by atoms with van der Waals surface area (Å²) in [4.78, 5) is 22.9. The SMILES string of the molecule is CN(C)CC(=O)N1CCN(c2ccc(C(F)(F)F)cc2)c2ccc(-c3cccc(C(O)CO)n3)cc2C1. The van der Waals surface area contributed by atoms with Crippen molar-refractivity contribution in [2.45, 2.75) is 18.8 Å². The molecule has 0 saturated carbocycles. The number of aliphatic hydroxyl groups excluding tert-OH is 2. The van der Waals surface area contributed by atoms with Gasteiger partial charge < -0.3 is 24.9 Å². The number of carbonyl (C=O) groups is 1. The first-order valence-corrected chi connectivity index (χ1v) is 11.8. The number of alkyl halides is 3. The lowest BCUT2D eigenvalue weighted by atomic mass is 10.0. The van der Waals surface area contributed by atoms with Crippen LogP contribution in [-0.2, 0) is 17.5 Å². The van der Waals surface area contributed by atoms with Crippen molar-refractivity contribution >= 4 is 17.3 Å². The molecule has 1 aliphatic rings. The van der Waals surface area contributed by atoms with Gasteiger partial charge in [-0.05, 0) is 68.2 Å². The van der Waals surface area contributed by atoms with Gasteiger partial charge in [-0.15, -0.1) is 0 Å². The third-order valence-electron chi connectivity index (χ3n) is 6.22. The molecule has 1 aromatic heterocycles. The Morgan fingerprint density at radius 1 is 1.08 bits per heavy atom. The van der Waals surface area contributed by atoms with Crippen LogP contribution in [0.3, 0.4) is 0 Å². The quantitative estimate of drug-likeness (QED) is 0.521. The summed E-state index contributed by atoms with van der Waals surface area (Å²) < 4.78 is 39.4. The fourth-order valence-electron chi connectivity index (χ4n) is 4.33. The van der Waals surface area contributed by atoms with E-state index in [9.17, 15) is 28.2 Å². The Morgan fingerprint density at radius 3 is 2.46 bits per heavy atom. The average molecular weight is 515 g/mol.